The molecule has 0 unspecified atom stereocenters. The standard InChI is InChI=1S/C62H58N8O2/c71-61-57-58(60(68(61)42-40-66-37-11-4-12-38-66)46-25-29-52(30-26-46)70(50-19-7-2-8-20-50)56-22-14-16-48-44-64-34-32-54(48)56)62(72)67(41-39-65-35-9-3-10-36-65)59(57)45-23-27-51(28-24-45)69(49-17-5-1-6-18-49)55-21-13-15-47-43-63-33-31-53(47)55/h1-2,5-8,13-34,43-44H,3-4,9-12,35-42H2. The van der Waals surface area contributed by atoms with Gasteiger partial charge in [-0.25, -0.2) is 0 Å². The highest BCUT2D eigenvalue weighted by atomic mass is 16.2. The number of benzene rings is 6. The summed E-state index contributed by atoms with van der Waals surface area (Å²) in [6, 6.07) is 54.5. The average molecular weight is 947 g/mol. The van der Waals surface area contributed by atoms with Crippen molar-refractivity contribution >= 4 is 78.9 Å². The van der Waals surface area contributed by atoms with Gasteiger partial charge in [0.2, 0.25) is 0 Å². The number of hydrogen-bond donors (Lipinski definition) is 0. The van der Waals surface area contributed by atoms with Gasteiger partial charge in [0.1, 0.15) is 0 Å². The van der Waals surface area contributed by atoms with E-state index >= 15 is 9.59 Å². The molecular formula is C62H58N8O2. The van der Waals surface area contributed by atoms with Crippen LogP contribution in [-0.2, 0) is 9.59 Å². The topological polar surface area (TPSA) is 79.4 Å². The molecule has 10 heteroatoms. The van der Waals surface area contributed by atoms with E-state index in [2.05, 4.69) is 175 Å². The van der Waals surface area contributed by atoms with Gasteiger partial charge in [-0.3, -0.25) is 19.6 Å². The molecule has 12 rings (SSSR count). The maximum absolute atomic E-state index is 15.6. The number of pyridine rings is 2. The molecule has 8 aromatic rings. The van der Waals surface area contributed by atoms with Gasteiger partial charge in [0.05, 0.1) is 33.9 Å². The number of likely N-dealkylation sites (tertiary alicyclic amines) is 2. The van der Waals surface area contributed by atoms with Crippen LogP contribution < -0.4 is 9.80 Å². The highest BCUT2D eigenvalue weighted by molar-refractivity contribution is 6.30. The first-order chi connectivity index (χ1) is 35.6. The summed E-state index contributed by atoms with van der Waals surface area (Å²) in [4.78, 5) is 53.3. The van der Waals surface area contributed by atoms with Crippen molar-refractivity contribution in [2.45, 2.75) is 38.5 Å². The Kier molecular flexibility index (Phi) is 12.6. The summed E-state index contributed by atoms with van der Waals surface area (Å²) >= 11 is 0. The first-order valence-corrected chi connectivity index (χ1v) is 25.7. The maximum Gasteiger partial charge on any atom is 0.261 e. The fourth-order valence-corrected chi connectivity index (χ4v) is 11.4. The minimum Gasteiger partial charge on any atom is -0.310 e. The van der Waals surface area contributed by atoms with Gasteiger partial charge in [-0.2, -0.15) is 0 Å². The summed E-state index contributed by atoms with van der Waals surface area (Å²) in [5.74, 6) is -0.223. The van der Waals surface area contributed by atoms with Crippen molar-refractivity contribution in [2.24, 2.45) is 0 Å². The summed E-state index contributed by atoms with van der Waals surface area (Å²) < 4.78 is 0. The Labute approximate surface area is 421 Å². The van der Waals surface area contributed by atoms with E-state index in [-0.39, 0.29) is 11.8 Å². The van der Waals surface area contributed by atoms with Crippen LogP contribution in [0.4, 0.5) is 34.1 Å². The second-order valence-corrected chi connectivity index (χ2v) is 19.3. The average Bonchev–Trinajstić information content (AvgIpc) is 3.90. The molecule has 0 saturated carbocycles. The molecule has 72 heavy (non-hydrogen) atoms. The zero-order valence-electron chi connectivity index (χ0n) is 40.6. The van der Waals surface area contributed by atoms with Crippen LogP contribution in [-0.4, -0.2) is 93.7 Å². The number of carbonyl (C=O) groups excluding carboxylic acids is 2. The summed E-state index contributed by atoms with van der Waals surface area (Å²) in [5.41, 5.74) is 10.1. The SMILES string of the molecule is O=C1C2=C(c3ccc(N(c4ccccc4)c4cccc5cnccc45)cc3)N(CCN3CCCCC3)C(=O)C2=C(c2ccc(N(c3ccccc3)c3cccc4cnccc34)cc2)N1CCN1CCCCC1. The Morgan fingerprint density at radius 2 is 0.778 bits per heavy atom. The van der Waals surface area contributed by atoms with Crippen molar-refractivity contribution in [1.82, 2.24) is 29.6 Å². The molecule has 0 N–H and O–H groups in total. The molecule has 2 fully saturated rings. The van der Waals surface area contributed by atoms with Crippen molar-refractivity contribution in [3.63, 3.8) is 0 Å². The van der Waals surface area contributed by atoms with Gasteiger partial charge in [-0.15, -0.1) is 0 Å². The predicted molar refractivity (Wildman–Crippen MR) is 291 cm³/mol. The Balaban J connectivity index is 0.983. The number of para-hydroxylation sites is 2. The van der Waals surface area contributed by atoms with Gasteiger partial charge in [-0.05, 0) is 136 Å². The smallest absolute Gasteiger partial charge is 0.261 e. The Morgan fingerprint density at radius 3 is 1.18 bits per heavy atom. The van der Waals surface area contributed by atoms with Gasteiger partial charge < -0.3 is 29.4 Å². The highest BCUT2D eigenvalue weighted by Gasteiger charge is 2.49. The van der Waals surface area contributed by atoms with E-state index in [9.17, 15) is 0 Å². The second-order valence-electron chi connectivity index (χ2n) is 19.3. The van der Waals surface area contributed by atoms with Crippen molar-refractivity contribution in [3.05, 3.63) is 205 Å². The van der Waals surface area contributed by atoms with E-state index in [0.29, 0.717) is 35.6 Å². The molecule has 0 bridgehead atoms. The van der Waals surface area contributed by atoms with Crippen LogP contribution in [0.15, 0.2) is 194 Å². The molecular weight excluding hydrogens is 889 g/mol. The van der Waals surface area contributed by atoms with Gasteiger partial charge in [0.15, 0.2) is 0 Å². The number of carbonyl (C=O) groups is 2. The van der Waals surface area contributed by atoms with E-state index in [0.717, 1.165) is 132 Å². The van der Waals surface area contributed by atoms with Crippen LogP contribution in [0.5, 0.6) is 0 Å². The molecule has 6 heterocycles. The Morgan fingerprint density at radius 1 is 0.389 bits per heavy atom. The number of fused-ring (bicyclic) bond motifs is 3. The van der Waals surface area contributed by atoms with Gasteiger partial charge in [-0.1, -0.05) is 97.8 Å². The summed E-state index contributed by atoms with van der Waals surface area (Å²) in [5, 5.41) is 4.29. The summed E-state index contributed by atoms with van der Waals surface area (Å²) in [7, 11) is 0. The zero-order valence-corrected chi connectivity index (χ0v) is 40.6. The van der Waals surface area contributed by atoms with Crippen molar-refractivity contribution in [2.75, 3.05) is 62.2 Å². The monoisotopic (exact) mass is 946 g/mol. The van der Waals surface area contributed by atoms with Crippen LogP contribution in [0.2, 0.25) is 0 Å². The van der Waals surface area contributed by atoms with Crippen LogP contribution >= 0.6 is 0 Å². The minimum absolute atomic E-state index is 0.112. The number of anilines is 6. The maximum atomic E-state index is 15.6. The number of piperidine rings is 2. The summed E-state index contributed by atoms with van der Waals surface area (Å²) in [6.07, 6.45) is 14.6. The third kappa shape index (κ3) is 8.60. The lowest BCUT2D eigenvalue weighted by Crippen LogP contribution is -2.40. The lowest BCUT2D eigenvalue weighted by atomic mass is 10.0. The van der Waals surface area contributed by atoms with Crippen LogP contribution in [0, 0.1) is 0 Å². The molecule has 4 aliphatic heterocycles. The third-order valence-corrected chi connectivity index (χ3v) is 15.0. The number of rotatable bonds is 14. The van der Waals surface area contributed by atoms with Crippen molar-refractivity contribution < 1.29 is 9.59 Å². The zero-order chi connectivity index (χ0) is 48.4. The van der Waals surface area contributed by atoms with Gasteiger partial charge in [0, 0.05) is 95.3 Å². The second kappa shape index (κ2) is 20.1. The normalized spacial score (nSPS) is 16.6. The molecule has 2 amide bonds. The van der Waals surface area contributed by atoms with E-state index in [1.807, 2.05) is 46.7 Å². The van der Waals surface area contributed by atoms with E-state index < -0.39 is 0 Å². The summed E-state index contributed by atoms with van der Waals surface area (Å²) in [6.45, 7) is 6.52. The van der Waals surface area contributed by atoms with Crippen molar-refractivity contribution in [1.29, 1.82) is 0 Å². The number of aromatic nitrogens is 2. The highest BCUT2D eigenvalue weighted by Crippen LogP contribution is 2.48. The first-order valence-electron chi connectivity index (χ1n) is 25.7. The fourth-order valence-electron chi connectivity index (χ4n) is 11.4. The van der Waals surface area contributed by atoms with E-state index in [4.69, 9.17) is 0 Å². The van der Waals surface area contributed by atoms with Crippen LogP contribution in [0.3, 0.4) is 0 Å². The van der Waals surface area contributed by atoms with Gasteiger partial charge in [0.25, 0.3) is 11.8 Å². The molecule has 358 valence electrons. The lowest BCUT2D eigenvalue weighted by molar-refractivity contribution is -0.124. The third-order valence-electron chi connectivity index (χ3n) is 15.0. The Hall–Kier alpha value is -7.92. The first kappa shape index (κ1) is 45.2. The minimum atomic E-state index is -0.112. The van der Waals surface area contributed by atoms with E-state index in [1.54, 1.807) is 0 Å². The molecule has 0 aliphatic carbocycles. The molecule has 4 aliphatic rings. The van der Waals surface area contributed by atoms with Crippen LogP contribution in [0.25, 0.3) is 32.9 Å². The fraction of sp³-hybridized carbons (Fsp3) is 0.226. The molecule has 10 nitrogen and oxygen atoms in total. The quantitative estimate of drug-likeness (QED) is 0.107. The molecule has 0 radical (unpaired) electrons. The molecule has 2 saturated heterocycles. The number of nitrogens with zero attached hydrogens (tertiary/aromatic N) is 8. The number of hydrogen-bond acceptors (Lipinski definition) is 8. The van der Waals surface area contributed by atoms with Crippen molar-refractivity contribution in [3.8, 4) is 0 Å². The molecule has 2 aromatic heterocycles. The molecule has 6 aromatic carbocycles. The molecule has 0 spiro atoms. The van der Waals surface area contributed by atoms with Gasteiger partial charge >= 0.3 is 0 Å². The largest absolute Gasteiger partial charge is 0.310 e. The lowest BCUT2D eigenvalue weighted by Gasteiger charge is -2.31. The predicted octanol–water partition coefficient (Wildman–Crippen LogP) is 12.5. The Bertz CT molecular complexity index is 3090. The van der Waals surface area contributed by atoms with E-state index in [1.165, 1.54) is 12.8 Å². The van der Waals surface area contributed by atoms with Crippen LogP contribution in [0.1, 0.15) is 49.7 Å². The number of amides is 2. The molecule has 0 atom stereocenters.